The molecule has 3 N–H and O–H groups in total. The molecular weight excluding hydrogens is 295 g/mol. The van der Waals surface area contributed by atoms with Crippen molar-refractivity contribution in [2.75, 3.05) is 12.3 Å². The minimum absolute atomic E-state index is 0.190. The number of sulfonamides is 1. The van der Waals surface area contributed by atoms with Crippen molar-refractivity contribution in [3.05, 3.63) is 42.0 Å². The number of hydrogen-bond donors (Lipinski definition) is 2. The number of rotatable bonds is 6. The highest BCUT2D eigenvalue weighted by Crippen LogP contribution is 2.21. The van der Waals surface area contributed by atoms with Crippen molar-refractivity contribution in [3.63, 3.8) is 0 Å². The topological polar surface area (TPSA) is 90.0 Å². The third kappa shape index (κ3) is 3.79. The number of aromatic nitrogens is 2. The van der Waals surface area contributed by atoms with Gasteiger partial charge >= 0.3 is 0 Å². The van der Waals surface area contributed by atoms with E-state index in [0.717, 1.165) is 12.1 Å². The molecule has 0 unspecified atom stereocenters. The standard InChI is InChI=1S/C13H17FN4O2S/c1-10-8-11(14)13(9-12(10)15)21(19,20)17-5-3-7-18-6-2-4-16-18/h2,4,6,8-9,17H,3,5,7,15H2,1H3. The first-order valence-electron chi connectivity index (χ1n) is 6.43. The van der Waals surface area contributed by atoms with Crippen LogP contribution in [0.3, 0.4) is 0 Å². The molecule has 0 radical (unpaired) electrons. The van der Waals surface area contributed by atoms with Gasteiger partial charge in [0.2, 0.25) is 10.0 Å². The van der Waals surface area contributed by atoms with E-state index in [4.69, 9.17) is 5.73 Å². The van der Waals surface area contributed by atoms with Gasteiger partial charge in [-0.2, -0.15) is 5.10 Å². The second-order valence-corrected chi connectivity index (χ2v) is 6.40. The summed E-state index contributed by atoms with van der Waals surface area (Å²) in [5, 5.41) is 4.01. The van der Waals surface area contributed by atoms with Gasteiger partial charge in [-0.3, -0.25) is 4.68 Å². The van der Waals surface area contributed by atoms with Crippen LogP contribution in [0.5, 0.6) is 0 Å². The number of hydrogen-bond acceptors (Lipinski definition) is 4. The molecule has 0 bridgehead atoms. The average Bonchev–Trinajstić information content (AvgIpc) is 2.92. The highest BCUT2D eigenvalue weighted by molar-refractivity contribution is 7.89. The average molecular weight is 312 g/mol. The molecule has 2 rings (SSSR count). The normalized spacial score (nSPS) is 11.7. The molecule has 1 heterocycles. The third-order valence-electron chi connectivity index (χ3n) is 3.03. The van der Waals surface area contributed by atoms with E-state index in [1.807, 2.05) is 0 Å². The molecule has 1 aromatic carbocycles. The van der Waals surface area contributed by atoms with E-state index < -0.39 is 20.7 Å². The molecule has 0 aliphatic heterocycles. The molecule has 0 saturated carbocycles. The maximum Gasteiger partial charge on any atom is 0.243 e. The van der Waals surface area contributed by atoms with Gasteiger partial charge in [0.15, 0.2) is 0 Å². The van der Waals surface area contributed by atoms with Gasteiger partial charge in [0.1, 0.15) is 10.7 Å². The van der Waals surface area contributed by atoms with Crippen LogP contribution >= 0.6 is 0 Å². The lowest BCUT2D eigenvalue weighted by molar-refractivity contribution is 0.541. The summed E-state index contributed by atoms with van der Waals surface area (Å²) in [6, 6.07) is 4.04. The maximum absolute atomic E-state index is 13.8. The molecule has 0 spiro atoms. The van der Waals surface area contributed by atoms with Crippen molar-refractivity contribution in [3.8, 4) is 0 Å². The number of nitrogens with two attached hydrogens (primary N) is 1. The van der Waals surface area contributed by atoms with Gasteiger partial charge in [-0.1, -0.05) is 0 Å². The lowest BCUT2D eigenvalue weighted by Gasteiger charge is -2.10. The van der Waals surface area contributed by atoms with Crippen LogP contribution in [0.1, 0.15) is 12.0 Å². The third-order valence-corrected chi connectivity index (χ3v) is 4.50. The Labute approximate surface area is 122 Å². The SMILES string of the molecule is Cc1cc(F)c(S(=O)(=O)NCCCn2cccn2)cc1N. The Balaban J connectivity index is 2.00. The lowest BCUT2D eigenvalue weighted by atomic mass is 10.2. The van der Waals surface area contributed by atoms with Crippen LogP contribution in [0.15, 0.2) is 35.5 Å². The largest absolute Gasteiger partial charge is 0.398 e. The Hall–Kier alpha value is -1.93. The summed E-state index contributed by atoms with van der Waals surface area (Å²) in [7, 11) is -3.91. The number of nitrogens with zero attached hydrogens (tertiary/aromatic N) is 2. The number of halogens is 1. The monoisotopic (exact) mass is 312 g/mol. The Morgan fingerprint density at radius 1 is 1.43 bits per heavy atom. The quantitative estimate of drug-likeness (QED) is 0.621. The van der Waals surface area contributed by atoms with Gasteiger partial charge in [0, 0.05) is 31.2 Å². The predicted molar refractivity (Wildman–Crippen MR) is 77.6 cm³/mol. The van der Waals surface area contributed by atoms with Gasteiger partial charge < -0.3 is 5.73 Å². The fourth-order valence-electron chi connectivity index (χ4n) is 1.83. The first-order valence-corrected chi connectivity index (χ1v) is 7.91. The van der Waals surface area contributed by atoms with Crippen LogP contribution in [-0.2, 0) is 16.6 Å². The second kappa shape index (κ2) is 6.23. The second-order valence-electron chi connectivity index (χ2n) is 4.66. The van der Waals surface area contributed by atoms with Crippen LogP contribution in [0, 0.1) is 12.7 Å². The summed E-state index contributed by atoms with van der Waals surface area (Å²) in [6.45, 7) is 2.38. The molecule has 0 aliphatic rings. The van der Waals surface area contributed by atoms with Gasteiger partial charge in [-0.05, 0) is 37.1 Å². The fourth-order valence-corrected chi connectivity index (χ4v) is 3.00. The van der Waals surface area contributed by atoms with Crippen LogP contribution in [0.25, 0.3) is 0 Å². The van der Waals surface area contributed by atoms with Gasteiger partial charge in [-0.15, -0.1) is 0 Å². The Kier molecular flexibility index (Phi) is 4.59. The van der Waals surface area contributed by atoms with Crippen molar-refractivity contribution < 1.29 is 12.8 Å². The van der Waals surface area contributed by atoms with E-state index in [2.05, 4.69) is 9.82 Å². The molecule has 6 nitrogen and oxygen atoms in total. The zero-order valence-electron chi connectivity index (χ0n) is 11.6. The van der Waals surface area contributed by atoms with E-state index in [-0.39, 0.29) is 12.2 Å². The summed E-state index contributed by atoms with van der Waals surface area (Å²) in [5.74, 6) is -0.804. The van der Waals surface area contributed by atoms with Crippen LogP contribution < -0.4 is 10.5 Å². The molecule has 21 heavy (non-hydrogen) atoms. The van der Waals surface area contributed by atoms with Crippen molar-refractivity contribution in [1.29, 1.82) is 0 Å². The van der Waals surface area contributed by atoms with Crippen LogP contribution in [0.2, 0.25) is 0 Å². The zero-order chi connectivity index (χ0) is 15.5. The van der Waals surface area contributed by atoms with E-state index in [1.54, 1.807) is 30.1 Å². The minimum Gasteiger partial charge on any atom is -0.398 e. The van der Waals surface area contributed by atoms with Crippen molar-refractivity contribution in [2.45, 2.75) is 24.8 Å². The van der Waals surface area contributed by atoms with E-state index in [1.165, 1.54) is 0 Å². The molecule has 2 aromatic rings. The van der Waals surface area contributed by atoms with E-state index >= 15 is 0 Å². The molecule has 0 amide bonds. The van der Waals surface area contributed by atoms with Gasteiger partial charge in [0.05, 0.1) is 0 Å². The summed E-state index contributed by atoms with van der Waals surface area (Å²) < 4.78 is 41.9. The summed E-state index contributed by atoms with van der Waals surface area (Å²) >= 11 is 0. The van der Waals surface area contributed by atoms with Crippen LogP contribution in [-0.4, -0.2) is 24.7 Å². The Bertz CT molecular complexity index is 714. The van der Waals surface area contributed by atoms with Crippen molar-refractivity contribution in [1.82, 2.24) is 14.5 Å². The summed E-state index contributed by atoms with van der Waals surface area (Å²) in [5.41, 5.74) is 6.38. The van der Waals surface area contributed by atoms with E-state index in [0.29, 0.717) is 18.5 Å². The lowest BCUT2D eigenvalue weighted by Crippen LogP contribution is -2.26. The summed E-state index contributed by atoms with van der Waals surface area (Å²) in [6.07, 6.45) is 3.98. The molecular formula is C13H17FN4O2S. The fraction of sp³-hybridized carbons (Fsp3) is 0.308. The first-order chi connectivity index (χ1) is 9.90. The Morgan fingerprint density at radius 2 is 2.19 bits per heavy atom. The van der Waals surface area contributed by atoms with Crippen LogP contribution in [0.4, 0.5) is 10.1 Å². The summed E-state index contributed by atoms with van der Waals surface area (Å²) in [4.78, 5) is -0.426. The first kappa shape index (κ1) is 15.5. The van der Waals surface area contributed by atoms with Gasteiger partial charge in [0.25, 0.3) is 0 Å². The highest BCUT2D eigenvalue weighted by atomic mass is 32.2. The highest BCUT2D eigenvalue weighted by Gasteiger charge is 2.19. The number of anilines is 1. The van der Waals surface area contributed by atoms with Crippen molar-refractivity contribution >= 4 is 15.7 Å². The Morgan fingerprint density at radius 3 is 2.86 bits per heavy atom. The predicted octanol–water partition coefficient (Wildman–Crippen LogP) is 1.28. The number of benzene rings is 1. The maximum atomic E-state index is 13.8. The number of aryl methyl sites for hydroxylation is 2. The molecule has 0 atom stereocenters. The number of nitrogen functional groups attached to an aromatic ring is 1. The minimum atomic E-state index is -3.91. The molecule has 114 valence electrons. The smallest absolute Gasteiger partial charge is 0.243 e. The number of nitrogens with one attached hydrogen (secondary N) is 1. The molecule has 8 heteroatoms. The van der Waals surface area contributed by atoms with Crippen molar-refractivity contribution in [2.24, 2.45) is 0 Å². The zero-order valence-corrected chi connectivity index (χ0v) is 12.4. The van der Waals surface area contributed by atoms with Gasteiger partial charge in [-0.25, -0.2) is 17.5 Å². The molecule has 0 fully saturated rings. The molecule has 0 saturated heterocycles. The van der Waals surface area contributed by atoms with E-state index in [9.17, 15) is 12.8 Å². The molecule has 1 aromatic heterocycles. The molecule has 0 aliphatic carbocycles.